The van der Waals surface area contributed by atoms with Crippen molar-refractivity contribution in [3.8, 4) is 11.5 Å². The molecule has 5 aromatic rings. The molecule has 1 N–H and O–H groups in total. The molecule has 1 fully saturated rings. The van der Waals surface area contributed by atoms with E-state index in [0.29, 0.717) is 24.3 Å². The Morgan fingerprint density at radius 1 is 0.843 bits per heavy atom. The molecule has 5 aromatic carbocycles. The van der Waals surface area contributed by atoms with Gasteiger partial charge in [-0.05, 0) is 77.5 Å². The SMILES string of the molecule is COc1ccc([Si](C)(C)[C@H]2[C@H](CCO)O[C@@]3(C(=O)N(Cc4ccc(N5C(=O)c6cccc7cccc5c67)cc4)c4ccc(OC)cc43)[C@@H]2C)cc1. The second kappa shape index (κ2) is 12.4. The minimum atomic E-state index is -2.30. The Bertz CT molecular complexity index is 2160. The van der Waals surface area contributed by atoms with Gasteiger partial charge in [-0.2, -0.15) is 0 Å². The van der Waals surface area contributed by atoms with E-state index in [1.165, 1.54) is 5.19 Å². The Balaban J connectivity index is 1.14. The van der Waals surface area contributed by atoms with E-state index in [0.717, 1.165) is 44.7 Å². The summed E-state index contributed by atoms with van der Waals surface area (Å²) in [5, 5.41) is 13.5. The third-order valence-electron chi connectivity index (χ3n) is 11.5. The zero-order valence-electron chi connectivity index (χ0n) is 29.6. The first-order valence-corrected chi connectivity index (χ1v) is 20.6. The van der Waals surface area contributed by atoms with Crippen molar-refractivity contribution < 1.29 is 28.9 Å². The highest BCUT2D eigenvalue weighted by atomic mass is 28.3. The van der Waals surface area contributed by atoms with Crippen molar-refractivity contribution in [1.29, 1.82) is 0 Å². The van der Waals surface area contributed by atoms with Crippen LogP contribution in [0.25, 0.3) is 10.8 Å². The number of anilines is 3. The molecule has 8 nitrogen and oxygen atoms in total. The average molecular weight is 699 g/mol. The number of hydrogen-bond acceptors (Lipinski definition) is 6. The van der Waals surface area contributed by atoms with Crippen LogP contribution in [-0.2, 0) is 21.7 Å². The van der Waals surface area contributed by atoms with Crippen LogP contribution in [-0.4, -0.2) is 51.9 Å². The molecule has 8 rings (SSSR count). The van der Waals surface area contributed by atoms with E-state index in [9.17, 15) is 9.90 Å². The van der Waals surface area contributed by atoms with Gasteiger partial charge < -0.3 is 24.2 Å². The second-order valence-electron chi connectivity index (χ2n) is 14.4. The van der Waals surface area contributed by atoms with Crippen molar-refractivity contribution in [1.82, 2.24) is 0 Å². The molecule has 3 aliphatic rings. The number of aliphatic hydroxyl groups excluding tert-OH is 1. The molecule has 51 heavy (non-hydrogen) atoms. The molecule has 3 heterocycles. The van der Waals surface area contributed by atoms with Gasteiger partial charge in [0.25, 0.3) is 11.8 Å². The van der Waals surface area contributed by atoms with Crippen LogP contribution in [0.15, 0.2) is 103 Å². The maximum Gasteiger partial charge on any atom is 0.264 e. The molecule has 0 unspecified atom stereocenters. The van der Waals surface area contributed by atoms with Crippen LogP contribution in [0.3, 0.4) is 0 Å². The Labute approximate surface area is 299 Å². The smallest absolute Gasteiger partial charge is 0.264 e. The molecule has 0 saturated carbocycles. The fourth-order valence-electron chi connectivity index (χ4n) is 9.08. The molecule has 1 spiro atoms. The molecule has 0 bridgehead atoms. The number of rotatable bonds is 9. The monoisotopic (exact) mass is 698 g/mol. The summed E-state index contributed by atoms with van der Waals surface area (Å²) in [6.07, 6.45) is 0.118. The van der Waals surface area contributed by atoms with Gasteiger partial charge in [-0.15, -0.1) is 0 Å². The van der Waals surface area contributed by atoms with Crippen molar-refractivity contribution in [2.75, 3.05) is 30.6 Å². The standard InChI is InChI=1S/C42H42N2O6Si/c1-26-39(51(4,5)32-19-16-30(48-2)17-20-32)37(22-23-45)50-42(26)34-24-31(49-3)18-21-35(34)43(41(42)47)25-27-12-14-29(15-13-27)44-36-11-7-9-28-8-6-10-33(38(28)36)40(44)46/h6-21,24,26,37,39,45H,22-23,25H2,1-5H3/t26-,37+,39-,42+/m1/s1. The van der Waals surface area contributed by atoms with Gasteiger partial charge >= 0.3 is 0 Å². The topological polar surface area (TPSA) is 88.5 Å². The maximum atomic E-state index is 15.0. The lowest BCUT2D eigenvalue weighted by molar-refractivity contribution is -0.146. The van der Waals surface area contributed by atoms with Crippen LogP contribution in [0.5, 0.6) is 11.5 Å². The summed E-state index contributed by atoms with van der Waals surface area (Å²) in [6, 6.07) is 33.7. The van der Waals surface area contributed by atoms with Crippen molar-refractivity contribution in [2.24, 2.45) is 5.92 Å². The lowest BCUT2D eigenvalue weighted by Gasteiger charge is -2.37. The quantitative estimate of drug-likeness (QED) is 0.163. The fourth-order valence-corrected chi connectivity index (χ4v) is 13.1. The van der Waals surface area contributed by atoms with E-state index in [-0.39, 0.29) is 36.0 Å². The highest BCUT2D eigenvalue weighted by molar-refractivity contribution is 6.91. The van der Waals surface area contributed by atoms with E-state index < -0.39 is 13.7 Å². The van der Waals surface area contributed by atoms with Crippen molar-refractivity contribution >= 4 is 52.9 Å². The molecule has 4 atom stereocenters. The van der Waals surface area contributed by atoms with Gasteiger partial charge in [0, 0.05) is 29.2 Å². The van der Waals surface area contributed by atoms with Gasteiger partial charge in [0.1, 0.15) is 11.5 Å². The third-order valence-corrected chi connectivity index (χ3v) is 15.9. The second-order valence-corrected chi connectivity index (χ2v) is 19.1. The molecule has 1 saturated heterocycles. The summed E-state index contributed by atoms with van der Waals surface area (Å²) in [4.78, 5) is 32.2. The third kappa shape index (κ3) is 4.93. The number of methoxy groups -OCH3 is 2. The molecule has 0 radical (unpaired) electrons. The highest BCUT2D eigenvalue weighted by Crippen LogP contribution is 2.60. The first-order chi connectivity index (χ1) is 24.6. The normalized spacial score (nSPS) is 22.4. The molecule has 9 heteroatoms. The molecular weight excluding hydrogens is 657 g/mol. The Kier molecular flexibility index (Phi) is 8.05. The highest BCUT2D eigenvalue weighted by Gasteiger charge is 2.66. The number of hydrogen-bond donors (Lipinski definition) is 1. The maximum absolute atomic E-state index is 15.0. The van der Waals surface area contributed by atoms with E-state index in [4.69, 9.17) is 14.2 Å². The van der Waals surface area contributed by atoms with Crippen LogP contribution < -0.4 is 24.5 Å². The summed E-state index contributed by atoms with van der Waals surface area (Å²) in [5.41, 5.74) is 3.67. The minimum absolute atomic E-state index is 0.0341. The van der Waals surface area contributed by atoms with Crippen molar-refractivity contribution in [3.05, 3.63) is 120 Å². The van der Waals surface area contributed by atoms with Gasteiger partial charge in [0.05, 0.1) is 51.9 Å². The van der Waals surface area contributed by atoms with E-state index >= 15 is 4.79 Å². The minimum Gasteiger partial charge on any atom is -0.497 e. The van der Waals surface area contributed by atoms with E-state index in [1.807, 2.05) is 95.9 Å². The fraction of sp³-hybridized carbons (Fsp3) is 0.286. The molecule has 260 valence electrons. The van der Waals surface area contributed by atoms with Gasteiger partial charge in [-0.1, -0.05) is 73.7 Å². The number of carbonyl (C=O) groups excluding carboxylic acids is 2. The Hall–Kier alpha value is -4.96. The van der Waals surface area contributed by atoms with E-state index in [1.54, 1.807) is 19.1 Å². The predicted molar refractivity (Wildman–Crippen MR) is 202 cm³/mol. The molecule has 2 amide bonds. The van der Waals surface area contributed by atoms with Crippen LogP contribution in [0.2, 0.25) is 18.6 Å². The molecule has 0 aliphatic carbocycles. The van der Waals surface area contributed by atoms with Gasteiger partial charge in [-0.25, -0.2) is 0 Å². The number of aliphatic hydroxyl groups is 1. The summed E-state index contributed by atoms with van der Waals surface area (Å²) in [6.45, 7) is 7.10. The van der Waals surface area contributed by atoms with Crippen LogP contribution >= 0.6 is 0 Å². The van der Waals surface area contributed by atoms with E-state index in [2.05, 4.69) is 32.2 Å². The van der Waals surface area contributed by atoms with Gasteiger partial charge in [-0.3, -0.25) is 14.5 Å². The Morgan fingerprint density at radius 2 is 1.53 bits per heavy atom. The lowest BCUT2D eigenvalue weighted by Crippen LogP contribution is -2.51. The van der Waals surface area contributed by atoms with Crippen LogP contribution in [0.1, 0.15) is 34.8 Å². The number of nitrogens with zero attached hydrogens (tertiary/aromatic N) is 2. The molecule has 3 aliphatic heterocycles. The average Bonchev–Trinajstić information content (AvgIpc) is 3.70. The first kappa shape index (κ1) is 33.2. The van der Waals surface area contributed by atoms with Crippen molar-refractivity contribution in [3.63, 3.8) is 0 Å². The summed E-state index contributed by atoms with van der Waals surface area (Å²) in [7, 11) is 0.994. The lowest BCUT2D eigenvalue weighted by atomic mass is 9.82. The van der Waals surface area contributed by atoms with Crippen LogP contribution in [0.4, 0.5) is 17.1 Å². The summed E-state index contributed by atoms with van der Waals surface area (Å²) in [5.74, 6) is 1.11. The number of carbonyl (C=O) groups is 2. The number of fused-ring (bicyclic) bond motifs is 2. The molecular formula is C42H42N2O6Si. The van der Waals surface area contributed by atoms with Gasteiger partial charge in [0.15, 0.2) is 5.60 Å². The number of amides is 2. The Morgan fingerprint density at radius 3 is 2.22 bits per heavy atom. The number of ether oxygens (including phenoxy) is 3. The van der Waals surface area contributed by atoms with Crippen molar-refractivity contribution in [2.45, 2.75) is 50.2 Å². The summed E-state index contributed by atoms with van der Waals surface area (Å²) >= 11 is 0. The first-order valence-electron chi connectivity index (χ1n) is 17.5. The molecule has 0 aromatic heterocycles. The van der Waals surface area contributed by atoms with Gasteiger partial charge in [0.2, 0.25) is 0 Å². The zero-order valence-corrected chi connectivity index (χ0v) is 30.6. The zero-order chi connectivity index (χ0) is 35.7. The van der Waals surface area contributed by atoms with Crippen LogP contribution in [0, 0.1) is 5.92 Å². The summed E-state index contributed by atoms with van der Waals surface area (Å²) < 4.78 is 18.2. The number of benzene rings is 5. The largest absolute Gasteiger partial charge is 0.497 e. The predicted octanol–water partition coefficient (Wildman–Crippen LogP) is 7.29.